The van der Waals surface area contributed by atoms with Crippen LogP contribution in [0.1, 0.15) is 23.1 Å². The molecular formula is C19H15FN4O2. The molecule has 4 rings (SSSR count). The summed E-state index contributed by atoms with van der Waals surface area (Å²) in [6.07, 6.45) is 7.54. The third kappa shape index (κ3) is 2.67. The molecule has 0 fully saturated rings. The van der Waals surface area contributed by atoms with Crippen molar-refractivity contribution in [1.82, 2.24) is 19.7 Å². The number of halogens is 1. The second kappa shape index (κ2) is 6.51. The van der Waals surface area contributed by atoms with Gasteiger partial charge in [0.2, 0.25) is 0 Å². The number of ether oxygens (including phenoxy) is 1. The molecule has 0 saturated carbocycles. The fourth-order valence-electron chi connectivity index (χ4n) is 3.07. The molecule has 1 aliphatic carbocycles. The van der Waals surface area contributed by atoms with Crippen molar-refractivity contribution in [3.63, 3.8) is 0 Å². The van der Waals surface area contributed by atoms with Gasteiger partial charge in [0.15, 0.2) is 11.6 Å². The summed E-state index contributed by atoms with van der Waals surface area (Å²) in [6.45, 7) is 0. The summed E-state index contributed by atoms with van der Waals surface area (Å²) in [5.74, 6) is 0.0292. The molecule has 0 aliphatic heterocycles. The maximum absolute atomic E-state index is 14.5. The molecule has 0 saturated heterocycles. The van der Waals surface area contributed by atoms with E-state index in [-0.39, 0.29) is 17.3 Å². The first-order chi connectivity index (χ1) is 12.7. The van der Waals surface area contributed by atoms with Crippen LogP contribution in [0.4, 0.5) is 4.39 Å². The lowest BCUT2D eigenvalue weighted by Crippen LogP contribution is -2.28. The minimum atomic E-state index is -0.399. The number of benzene rings is 1. The average Bonchev–Trinajstić information content (AvgIpc) is 2.69. The summed E-state index contributed by atoms with van der Waals surface area (Å²) >= 11 is 0. The largest absolute Gasteiger partial charge is 0.494 e. The van der Waals surface area contributed by atoms with Crippen LogP contribution in [0.25, 0.3) is 17.6 Å². The van der Waals surface area contributed by atoms with Crippen LogP contribution in [0.5, 0.6) is 5.75 Å². The number of rotatable bonds is 3. The lowest BCUT2D eigenvalue weighted by molar-refractivity contribution is 0.386. The third-order valence-electron chi connectivity index (χ3n) is 4.36. The minimum absolute atomic E-state index is 0.198. The van der Waals surface area contributed by atoms with Crippen molar-refractivity contribution < 1.29 is 9.13 Å². The lowest BCUT2D eigenvalue weighted by atomic mass is 9.90. The van der Waals surface area contributed by atoms with Gasteiger partial charge in [-0.3, -0.25) is 4.79 Å². The third-order valence-corrected chi connectivity index (χ3v) is 4.36. The molecule has 2 aromatic heterocycles. The molecule has 0 bridgehead atoms. The second-order valence-electron chi connectivity index (χ2n) is 5.84. The van der Waals surface area contributed by atoms with E-state index in [1.807, 2.05) is 0 Å². The van der Waals surface area contributed by atoms with Gasteiger partial charge in [0.05, 0.1) is 13.3 Å². The first-order valence-corrected chi connectivity index (χ1v) is 8.11. The van der Waals surface area contributed by atoms with Gasteiger partial charge in [0, 0.05) is 29.1 Å². The Morgan fingerprint density at radius 2 is 1.96 bits per heavy atom. The molecule has 26 heavy (non-hydrogen) atoms. The Kier molecular flexibility index (Phi) is 4.04. The Hall–Kier alpha value is -3.35. The summed E-state index contributed by atoms with van der Waals surface area (Å²) in [5, 5.41) is 4.16. The predicted molar refractivity (Wildman–Crippen MR) is 94.6 cm³/mol. The molecule has 2 heterocycles. The molecule has 0 unspecified atom stereocenters. The Morgan fingerprint density at radius 1 is 1.15 bits per heavy atom. The lowest BCUT2D eigenvalue weighted by Gasteiger charge is -2.18. The maximum atomic E-state index is 14.5. The first-order valence-electron chi connectivity index (χ1n) is 8.11. The Labute approximate surface area is 148 Å². The highest BCUT2D eigenvalue weighted by atomic mass is 19.1. The van der Waals surface area contributed by atoms with E-state index in [2.05, 4.69) is 15.1 Å². The van der Waals surface area contributed by atoms with Crippen LogP contribution in [-0.2, 0) is 6.42 Å². The van der Waals surface area contributed by atoms with Crippen LogP contribution in [-0.4, -0.2) is 26.9 Å². The zero-order valence-electron chi connectivity index (χ0n) is 14.0. The highest BCUT2D eigenvalue weighted by molar-refractivity contribution is 5.84. The number of fused-ring (bicyclic) bond motifs is 1. The summed E-state index contributed by atoms with van der Waals surface area (Å²) < 4.78 is 20.8. The van der Waals surface area contributed by atoms with Crippen LogP contribution in [0.15, 0.2) is 47.7 Å². The van der Waals surface area contributed by atoms with Gasteiger partial charge >= 0.3 is 0 Å². The van der Waals surface area contributed by atoms with Gasteiger partial charge in [0.1, 0.15) is 0 Å². The van der Waals surface area contributed by atoms with Gasteiger partial charge < -0.3 is 4.74 Å². The van der Waals surface area contributed by atoms with Crippen molar-refractivity contribution in [2.45, 2.75) is 12.8 Å². The zero-order chi connectivity index (χ0) is 18.1. The van der Waals surface area contributed by atoms with Crippen molar-refractivity contribution in [3.8, 4) is 11.7 Å². The molecule has 0 amide bonds. The highest BCUT2D eigenvalue weighted by Crippen LogP contribution is 2.33. The fourth-order valence-corrected chi connectivity index (χ4v) is 3.07. The molecular weight excluding hydrogens is 335 g/mol. The summed E-state index contributed by atoms with van der Waals surface area (Å²) in [7, 11) is 1.44. The summed E-state index contributed by atoms with van der Waals surface area (Å²) in [5.41, 5.74) is 2.34. The van der Waals surface area contributed by atoms with Crippen molar-refractivity contribution >= 4 is 11.6 Å². The summed E-state index contributed by atoms with van der Waals surface area (Å²) in [4.78, 5) is 20.8. The number of aromatic nitrogens is 4. The molecule has 130 valence electrons. The molecule has 0 spiro atoms. The van der Waals surface area contributed by atoms with E-state index in [9.17, 15) is 9.18 Å². The van der Waals surface area contributed by atoms with Crippen molar-refractivity contribution in [1.29, 1.82) is 0 Å². The van der Waals surface area contributed by atoms with E-state index in [0.29, 0.717) is 29.5 Å². The average molecular weight is 350 g/mol. The van der Waals surface area contributed by atoms with Crippen molar-refractivity contribution in [2.75, 3.05) is 7.11 Å². The van der Waals surface area contributed by atoms with E-state index < -0.39 is 5.82 Å². The standard InChI is InChI=1S/C19H15FN4O2/c1-26-16-5-2-4-14(17(16)20)12-6-7-15-13(10-12)11-23-24(18(15)25)19-21-8-3-9-22-19/h2-5,8-11H,6-7H2,1H3. The minimum Gasteiger partial charge on any atom is -0.494 e. The second-order valence-corrected chi connectivity index (χ2v) is 5.84. The number of nitrogens with zero attached hydrogens (tertiary/aromatic N) is 4. The van der Waals surface area contributed by atoms with Crippen LogP contribution < -0.4 is 10.3 Å². The van der Waals surface area contributed by atoms with Gasteiger partial charge in [-0.05, 0) is 36.6 Å². The first kappa shape index (κ1) is 16.1. The van der Waals surface area contributed by atoms with Gasteiger partial charge in [-0.25, -0.2) is 14.4 Å². The highest BCUT2D eigenvalue weighted by Gasteiger charge is 2.20. The van der Waals surface area contributed by atoms with Gasteiger partial charge in [-0.15, -0.1) is 0 Å². The molecule has 6 nitrogen and oxygen atoms in total. The van der Waals surface area contributed by atoms with Crippen LogP contribution in [0.3, 0.4) is 0 Å². The number of allylic oxidation sites excluding steroid dienone is 1. The number of methoxy groups -OCH3 is 1. The Bertz CT molecular complexity index is 1060. The fraction of sp³-hybridized carbons (Fsp3) is 0.158. The van der Waals surface area contributed by atoms with Gasteiger partial charge in [-0.2, -0.15) is 9.78 Å². The normalized spacial score (nSPS) is 13.1. The Balaban J connectivity index is 1.79. The van der Waals surface area contributed by atoms with E-state index in [1.54, 1.807) is 48.9 Å². The number of hydrogen-bond donors (Lipinski definition) is 0. The maximum Gasteiger partial charge on any atom is 0.278 e. The predicted octanol–water partition coefficient (Wildman–Crippen LogP) is 2.66. The molecule has 1 aromatic carbocycles. The van der Waals surface area contributed by atoms with Crippen LogP contribution in [0.2, 0.25) is 0 Å². The summed E-state index contributed by atoms with van der Waals surface area (Å²) in [6, 6.07) is 6.71. The Morgan fingerprint density at radius 3 is 2.73 bits per heavy atom. The molecule has 1 aliphatic rings. The van der Waals surface area contributed by atoms with E-state index in [0.717, 1.165) is 5.57 Å². The monoisotopic (exact) mass is 350 g/mol. The van der Waals surface area contributed by atoms with Gasteiger partial charge in [0.25, 0.3) is 11.5 Å². The molecule has 0 N–H and O–H groups in total. The van der Waals surface area contributed by atoms with E-state index in [4.69, 9.17) is 4.74 Å². The van der Waals surface area contributed by atoms with Gasteiger partial charge in [-0.1, -0.05) is 12.1 Å². The van der Waals surface area contributed by atoms with E-state index in [1.165, 1.54) is 11.8 Å². The van der Waals surface area contributed by atoms with E-state index >= 15 is 0 Å². The molecule has 0 atom stereocenters. The van der Waals surface area contributed by atoms with Crippen molar-refractivity contribution in [2.24, 2.45) is 0 Å². The zero-order valence-corrected chi connectivity index (χ0v) is 14.0. The number of hydrogen-bond acceptors (Lipinski definition) is 5. The molecule has 7 heteroatoms. The molecule has 3 aromatic rings. The van der Waals surface area contributed by atoms with Crippen LogP contribution >= 0.6 is 0 Å². The topological polar surface area (TPSA) is 69.9 Å². The molecule has 0 radical (unpaired) electrons. The SMILES string of the molecule is COc1cccc(C2=Cc3cnn(-c4ncccn4)c(=O)c3CC2)c1F. The quantitative estimate of drug-likeness (QED) is 0.726. The smallest absolute Gasteiger partial charge is 0.278 e. The van der Waals surface area contributed by atoms with Crippen LogP contribution in [0, 0.1) is 5.82 Å². The van der Waals surface area contributed by atoms with Crippen molar-refractivity contribution in [3.05, 3.63) is 75.7 Å².